The maximum atomic E-state index is 13.0. The number of likely N-dealkylation sites (tertiary alicyclic amines) is 1. The molecule has 0 bridgehead atoms. The lowest BCUT2D eigenvalue weighted by atomic mass is 9.95. The number of sulfonamides is 1. The van der Waals surface area contributed by atoms with Gasteiger partial charge in [-0.05, 0) is 51.2 Å². The third-order valence-electron chi connectivity index (χ3n) is 5.70. The molecule has 2 saturated heterocycles. The van der Waals surface area contributed by atoms with Gasteiger partial charge in [0.05, 0.1) is 12.7 Å². The predicted molar refractivity (Wildman–Crippen MR) is 112 cm³/mol. The van der Waals surface area contributed by atoms with Crippen molar-refractivity contribution in [2.75, 3.05) is 39.4 Å². The van der Waals surface area contributed by atoms with Gasteiger partial charge in [-0.15, -0.1) is 0 Å². The lowest BCUT2D eigenvalue weighted by Gasteiger charge is -2.37. The van der Waals surface area contributed by atoms with Gasteiger partial charge in [-0.1, -0.05) is 6.92 Å². The van der Waals surface area contributed by atoms with Crippen LogP contribution in [0.25, 0.3) is 0 Å². The highest BCUT2D eigenvalue weighted by atomic mass is 32.2. The second-order valence-electron chi connectivity index (χ2n) is 7.94. The number of nitrogens with zero attached hydrogens (tertiary/aromatic N) is 2. The number of rotatable bonds is 8. The fraction of sp³-hybridized carbons (Fsp3) is 0.714. The zero-order chi connectivity index (χ0) is 22.4. The van der Waals surface area contributed by atoms with Crippen molar-refractivity contribution in [2.24, 2.45) is 5.92 Å². The van der Waals surface area contributed by atoms with Crippen LogP contribution in [0.3, 0.4) is 0 Å². The molecule has 3 rings (SSSR count). The van der Waals surface area contributed by atoms with E-state index in [0.29, 0.717) is 26.0 Å². The number of carbonyl (C=O) groups is 2. The van der Waals surface area contributed by atoms with E-state index in [1.54, 1.807) is 6.92 Å². The molecule has 1 atom stereocenters. The smallest absolute Gasteiger partial charge is 0.374 e. The summed E-state index contributed by atoms with van der Waals surface area (Å²) in [6.07, 6.45) is 3.85. The van der Waals surface area contributed by atoms with E-state index in [0.717, 1.165) is 25.8 Å². The Balaban J connectivity index is 1.56. The van der Waals surface area contributed by atoms with E-state index in [-0.39, 0.29) is 48.5 Å². The highest BCUT2D eigenvalue weighted by Crippen LogP contribution is 2.27. The van der Waals surface area contributed by atoms with Gasteiger partial charge in [0.2, 0.25) is 16.8 Å². The number of ether oxygens (including phenoxy) is 2. The number of hydrogen-bond donors (Lipinski definition) is 0. The summed E-state index contributed by atoms with van der Waals surface area (Å²) in [6, 6.07) is 2.57. The summed E-state index contributed by atoms with van der Waals surface area (Å²) in [7, 11) is -3.87. The molecular formula is C21H32N2O7S. The minimum atomic E-state index is -3.87. The zero-order valence-corrected chi connectivity index (χ0v) is 19.1. The van der Waals surface area contributed by atoms with E-state index in [1.807, 2.05) is 4.90 Å². The van der Waals surface area contributed by atoms with Crippen LogP contribution in [0.2, 0.25) is 0 Å². The number of hydrogen-bond acceptors (Lipinski definition) is 7. The summed E-state index contributed by atoms with van der Waals surface area (Å²) in [6.45, 7) is 6.40. The van der Waals surface area contributed by atoms with Crippen molar-refractivity contribution in [3.05, 3.63) is 17.9 Å². The quantitative estimate of drug-likeness (QED) is 0.553. The molecule has 174 valence electrons. The average Bonchev–Trinajstić information content (AvgIpc) is 3.29. The fourth-order valence-corrected chi connectivity index (χ4v) is 5.44. The van der Waals surface area contributed by atoms with Crippen molar-refractivity contribution in [2.45, 2.75) is 57.1 Å². The van der Waals surface area contributed by atoms with Crippen LogP contribution in [0.15, 0.2) is 21.6 Å². The monoisotopic (exact) mass is 456 g/mol. The Hall–Kier alpha value is -1.91. The molecule has 1 amide bonds. The second kappa shape index (κ2) is 10.6. The highest BCUT2D eigenvalue weighted by Gasteiger charge is 2.36. The number of furan rings is 1. The molecule has 2 fully saturated rings. The molecule has 1 aromatic rings. The van der Waals surface area contributed by atoms with Crippen LogP contribution in [-0.2, 0) is 24.3 Å². The molecule has 2 aliphatic rings. The van der Waals surface area contributed by atoms with Crippen LogP contribution >= 0.6 is 0 Å². The van der Waals surface area contributed by atoms with Crippen LogP contribution in [0.5, 0.6) is 0 Å². The molecule has 0 saturated carbocycles. The normalized spacial score (nSPS) is 21.2. The lowest BCUT2D eigenvalue weighted by molar-refractivity contribution is -0.140. The Morgan fingerprint density at radius 1 is 1.13 bits per heavy atom. The third kappa shape index (κ3) is 5.67. The standard InChI is InChI=1S/C21H32N2O7S/c1-3-14-29-17-6-5-11-22(15-17)20(24)16-9-12-23(13-10-16)31(26,27)19-8-7-18(30-19)21(25)28-4-2/h7-8,16-17H,3-6,9-15H2,1-2H3. The van der Waals surface area contributed by atoms with Crippen LogP contribution in [0.1, 0.15) is 56.5 Å². The molecular weight excluding hydrogens is 424 g/mol. The molecule has 0 radical (unpaired) electrons. The first-order valence-electron chi connectivity index (χ1n) is 11.0. The largest absolute Gasteiger partial charge is 0.460 e. The minimum Gasteiger partial charge on any atom is -0.460 e. The Kier molecular flexibility index (Phi) is 8.12. The Morgan fingerprint density at radius 3 is 2.55 bits per heavy atom. The van der Waals surface area contributed by atoms with Crippen LogP contribution in [0.4, 0.5) is 0 Å². The molecule has 10 heteroatoms. The molecule has 0 aromatic carbocycles. The van der Waals surface area contributed by atoms with Crippen molar-refractivity contribution >= 4 is 21.9 Å². The summed E-state index contributed by atoms with van der Waals surface area (Å²) in [5.74, 6) is -0.945. The summed E-state index contributed by atoms with van der Waals surface area (Å²) >= 11 is 0. The van der Waals surface area contributed by atoms with Gasteiger partial charge in [-0.2, -0.15) is 4.31 Å². The summed E-state index contributed by atoms with van der Waals surface area (Å²) < 4.78 is 42.9. The predicted octanol–water partition coefficient (Wildman–Crippen LogP) is 2.27. The van der Waals surface area contributed by atoms with Gasteiger partial charge < -0.3 is 18.8 Å². The minimum absolute atomic E-state index is 0.0874. The molecule has 1 aromatic heterocycles. The summed E-state index contributed by atoms with van der Waals surface area (Å²) in [4.78, 5) is 26.6. The molecule has 2 aliphatic heterocycles. The molecule has 1 unspecified atom stereocenters. The topological polar surface area (TPSA) is 106 Å². The summed E-state index contributed by atoms with van der Waals surface area (Å²) in [5, 5.41) is -0.285. The number of carbonyl (C=O) groups excluding carboxylic acids is 2. The van der Waals surface area contributed by atoms with Gasteiger partial charge >= 0.3 is 5.97 Å². The molecule has 31 heavy (non-hydrogen) atoms. The highest BCUT2D eigenvalue weighted by molar-refractivity contribution is 7.89. The van der Waals surface area contributed by atoms with Crippen molar-refractivity contribution in [3.8, 4) is 0 Å². The van der Waals surface area contributed by atoms with Gasteiger partial charge in [0.15, 0.2) is 0 Å². The van der Waals surface area contributed by atoms with Gasteiger partial charge in [-0.3, -0.25) is 4.79 Å². The second-order valence-corrected chi connectivity index (χ2v) is 9.81. The molecule has 0 spiro atoms. The maximum Gasteiger partial charge on any atom is 0.374 e. The Morgan fingerprint density at radius 2 is 1.87 bits per heavy atom. The van der Waals surface area contributed by atoms with Gasteiger partial charge in [0, 0.05) is 38.7 Å². The van der Waals surface area contributed by atoms with Crippen molar-refractivity contribution in [3.63, 3.8) is 0 Å². The molecule has 0 aliphatic carbocycles. The van der Waals surface area contributed by atoms with E-state index in [9.17, 15) is 18.0 Å². The number of amides is 1. The third-order valence-corrected chi connectivity index (χ3v) is 7.48. The first-order valence-corrected chi connectivity index (χ1v) is 12.5. The van der Waals surface area contributed by atoms with Crippen LogP contribution in [-0.4, -0.2) is 75.0 Å². The average molecular weight is 457 g/mol. The van der Waals surface area contributed by atoms with Gasteiger partial charge in [0.1, 0.15) is 0 Å². The van der Waals surface area contributed by atoms with E-state index in [4.69, 9.17) is 13.9 Å². The molecule has 3 heterocycles. The van der Waals surface area contributed by atoms with Crippen LogP contribution in [0, 0.1) is 5.92 Å². The van der Waals surface area contributed by atoms with Crippen molar-refractivity contribution in [1.29, 1.82) is 0 Å². The van der Waals surface area contributed by atoms with Gasteiger partial charge in [0.25, 0.3) is 10.0 Å². The maximum absolute atomic E-state index is 13.0. The SMILES string of the molecule is CCCOC1CCCN(C(=O)C2CCN(S(=O)(=O)c3ccc(C(=O)OCC)o3)CC2)C1. The van der Waals surface area contributed by atoms with E-state index >= 15 is 0 Å². The van der Waals surface area contributed by atoms with Crippen molar-refractivity contribution in [1.82, 2.24) is 9.21 Å². The van der Waals surface area contributed by atoms with E-state index < -0.39 is 16.0 Å². The fourth-order valence-electron chi connectivity index (χ4n) is 4.06. The number of piperidine rings is 2. The van der Waals surface area contributed by atoms with Crippen molar-refractivity contribution < 1.29 is 31.9 Å². The zero-order valence-electron chi connectivity index (χ0n) is 18.2. The van der Waals surface area contributed by atoms with E-state index in [1.165, 1.54) is 16.4 Å². The first-order chi connectivity index (χ1) is 14.9. The summed E-state index contributed by atoms with van der Waals surface area (Å²) in [5.41, 5.74) is 0. The lowest BCUT2D eigenvalue weighted by Crippen LogP contribution is -2.48. The van der Waals surface area contributed by atoms with E-state index in [2.05, 4.69) is 6.92 Å². The first kappa shape index (κ1) is 23.7. The molecule has 9 nitrogen and oxygen atoms in total. The van der Waals surface area contributed by atoms with Crippen LogP contribution < -0.4 is 0 Å². The van der Waals surface area contributed by atoms with Gasteiger partial charge in [-0.25, -0.2) is 13.2 Å². The number of esters is 1. The Labute approximate surface area is 183 Å². The molecule has 0 N–H and O–H groups in total. The Bertz CT molecular complexity index is 859.